The van der Waals surface area contributed by atoms with E-state index in [4.69, 9.17) is 11.2 Å². The molecule has 2 aromatic carbocycles. The van der Waals surface area contributed by atoms with Crippen LogP contribution in [-0.4, -0.2) is 12.1 Å². The van der Waals surface area contributed by atoms with Crippen LogP contribution in [0.2, 0.25) is 0 Å². The van der Waals surface area contributed by atoms with Crippen molar-refractivity contribution in [1.29, 1.82) is 0 Å². The van der Waals surface area contributed by atoms with Crippen LogP contribution in [0.1, 0.15) is 24.0 Å². The van der Waals surface area contributed by atoms with Gasteiger partial charge in [-0.3, -0.25) is 4.79 Å². The quantitative estimate of drug-likeness (QED) is 0.625. The Kier molecular flexibility index (Phi) is 4.57. The van der Waals surface area contributed by atoms with E-state index in [1.165, 1.54) is 0 Å². The fraction of sp³-hybridized carbons (Fsp3) is 0.167. The van der Waals surface area contributed by atoms with Gasteiger partial charge < -0.3 is 4.74 Å². The Morgan fingerprint density at radius 2 is 1.45 bits per heavy atom. The molecule has 0 bridgehead atoms. The molecule has 100 valence electrons. The number of terminal acetylenes is 1. The minimum absolute atomic E-state index is 0.326. The Hall–Kier alpha value is -2.53. The monoisotopic (exact) mass is 264 g/mol. The summed E-state index contributed by atoms with van der Waals surface area (Å²) in [5.41, 5.74) is 1.79. The number of carbonyl (C=O) groups is 1. The van der Waals surface area contributed by atoms with Gasteiger partial charge in [0.2, 0.25) is 0 Å². The molecule has 0 aliphatic carbocycles. The van der Waals surface area contributed by atoms with Crippen molar-refractivity contribution in [1.82, 2.24) is 0 Å². The molecule has 0 aromatic heterocycles. The Morgan fingerprint density at radius 3 is 1.85 bits per heavy atom. The predicted molar refractivity (Wildman–Crippen MR) is 79.1 cm³/mol. The fourth-order valence-electron chi connectivity index (χ4n) is 2.03. The molecule has 0 fully saturated rings. The Labute approximate surface area is 119 Å². The van der Waals surface area contributed by atoms with Crippen LogP contribution in [0.3, 0.4) is 0 Å². The number of rotatable bonds is 4. The van der Waals surface area contributed by atoms with Gasteiger partial charge in [0.05, 0.1) is 0 Å². The molecule has 2 nitrogen and oxygen atoms in total. The summed E-state index contributed by atoms with van der Waals surface area (Å²) < 4.78 is 5.30. The van der Waals surface area contributed by atoms with Crippen molar-refractivity contribution in [2.45, 2.75) is 18.9 Å². The first-order valence-corrected chi connectivity index (χ1v) is 6.49. The van der Waals surface area contributed by atoms with Crippen molar-refractivity contribution in [3.05, 3.63) is 71.8 Å². The number of ether oxygens (including phenoxy) is 1. The molecule has 0 aliphatic rings. The Bertz CT molecular complexity index is 557. The molecular weight excluding hydrogens is 248 g/mol. The van der Waals surface area contributed by atoms with Crippen molar-refractivity contribution in [3.63, 3.8) is 0 Å². The SMILES string of the molecule is C#CC(C)OC(=O)C(c1ccccc1)c1ccccc1. The van der Waals surface area contributed by atoms with Gasteiger partial charge in [-0.15, -0.1) is 6.42 Å². The van der Waals surface area contributed by atoms with Gasteiger partial charge in [0.15, 0.2) is 6.10 Å². The highest BCUT2D eigenvalue weighted by atomic mass is 16.5. The van der Waals surface area contributed by atoms with Crippen LogP contribution in [0.15, 0.2) is 60.7 Å². The summed E-state index contributed by atoms with van der Waals surface area (Å²) >= 11 is 0. The number of esters is 1. The van der Waals surface area contributed by atoms with Gasteiger partial charge in [-0.1, -0.05) is 66.6 Å². The summed E-state index contributed by atoms with van der Waals surface area (Å²) in [6, 6.07) is 19.1. The third kappa shape index (κ3) is 3.27. The molecule has 1 atom stereocenters. The lowest BCUT2D eigenvalue weighted by atomic mass is 9.91. The van der Waals surface area contributed by atoms with Gasteiger partial charge >= 0.3 is 5.97 Å². The number of benzene rings is 2. The maximum Gasteiger partial charge on any atom is 0.319 e. The summed E-state index contributed by atoms with van der Waals surface area (Å²) in [6.45, 7) is 1.69. The molecule has 2 rings (SSSR count). The maximum absolute atomic E-state index is 12.4. The lowest BCUT2D eigenvalue weighted by molar-refractivity contribution is -0.146. The van der Waals surface area contributed by atoms with Crippen molar-refractivity contribution >= 4 is 5.97 Å². The van der Waals surface area contributed by atoms with Crippen LogP contribution in [0.4, 0.5) is 0 Å². The first-order valence-electron chi connectivity index (χ1n) is 6.49. The van der Waals surface area contributed by atoms with Gasteiger partial charge in [0.25, 0.3) is 0 Å². The maximum atomic E-state index is 12.4. The summed E-state index contributed by atoms with van der Waals surface area (Å²) in [5.74, 6) is 1.63. The predicted octanol–water partition coefficient (Wildman–Crippen LogP) is 3.38. The van der Waals surface area contributed by atoms with Gasteiger partial charge in [-0.25, -0.2) is 0 Å². The van der Waals surface area contributed by atoms with Gasteiger partial charge in [-0.2, -0.15) is 0 Å². The zero-order valence-electron chi connectivity index (χ0n) is 11.3. The highest BCUT2D eigenvalue weighted by molar-refractivity contribution is 5.82. The second kappa shape index (κ2) is 6.58. The zero-order valence-corrected chi connectivity index (χ0v) is 11.3. The van der Waals surface area contributed by atoms with Crippen LogP contribution in [0.5, 0.6) is 0 Å². The lowest BCUT2D eigenvalue weighted by Crippen LogP contribution is -2.21. The largest absolute Gasteiger partial charge is 0.449 e. The summed E-state index contributed by atoms with van der Waals surface area (Å²) in [7, 11) is 0. The van der Waals surface area contributed by atoms with Crippen LogP contribution in [-0.2, 0) is 9.53 Å². The third-order valence-electron chi connectivity index (χ3n) is 3.03. The van der Waals surface area contributed by atoms with E-state index in [1.54, 1.807) is 6.92 Å². The zero-order chi connectivity index (χ0) is 14.4. The van der Waals surface area contributed by atoms with E-state index in [0.717, 1.165) is 11.1 Å². The van der Waals surface area contributed by atoms with E-state index in [9.17, 15) is 4.79 Å². The Balaban J connectivity index is 2.36. The standard InChI is InChI=1S/C18H16O2/c1-3-14(2)20-18(19)17(15-10-6-4-7-11-15)16-12-8-5-9-13-16/h1,4-14,17H,2H3. The molecule has 0 saturated heterocycles. The third-order valence-corrected chi connectivity index (χ3v) is 3.03. The molecule has 2 heteroatoms. The van der Waals surface area contributed by atoms with Crippen molar-refractivity contribution in [2.75, 3.05) is 0 Å². The molecular formula is C18H16O2. The van der Waals surface area contributed by atoms with E-state index in [2.05, 4.69) is 5.92 Å². The average molecular weight is 264 g/mol. The highest BCUT2D eigenvalue weighted by Gasteiger charge is 2.25. The van der Waals surface area contributed by atoms with Crippen LogP contribution < -0.4 is 0 Å². The molecule has 2 aromatic rings. The number of hydrogen-bond donors (Lipinski definition) is 0. The van der Waals surface area contributed by atoms with Crippen molar-refractivity contribution in [2.24, 2.45) is 0 Å². The average Bonchev–Trinajstić information content (AvgIpc) is 2.49. The van der Waals surface area contributed by atoms with Crippen LogP contribution in [0, 0.1) is 12.3 Å². The van der Waals surface area contributed by atoms with E-state index in [-0.39, 0.29) is 5.97 Å². The Morgan fingerprint density at radius 1 is 1.00 bits per heavy atom. The topological polar surface area (TPSA) is 26.3 Å². The molecule has 1 unspecified atom stereocenters. The normalized spacial score (nSPS) is 11.7. The van der Waals surface area contributed by atoms with Gasteiger partial charge in [-0.05, 0) is 18.1 Å². The summed E-state index contributed by atoms with van der Waals surface area (Å²) in [5, 5.41) is 0. The molecule has 0 amide bonds. The first kappa shape index (κ1) is 13.9. The second-order valence-electron chi connectivity index (χ2n) is 4.50. The minimum Gasteiger partial charge on any atom is -0.449 e. The molecule has 0 heterocycles. The van der Waals surface area contributed by atoms with Gasteiger partial charge in [0, 0.05) is 0 Å². The minimum atomic E-state index is -0.530. The van der Waals surface area contributed by atoms with E-state index < -0.39 is 12.0 Å². The van der Waals surface area contributed by atoms with Crippen molar-refractivity contribution in [3.8, 4) is 12.3 Å². The lowest BCUT2D eigenvalue weighted by Gasteiger charge is -2.18. The molecule has 0 radical (unpaired) electrons. The molecule has 0 N–H and O–H groups in total. The van der Waals surface area contributed by atoms with Crippen LogP contribution in [0.25, 0.3) is 0 Å². The van der Waals surface area contributed by atoms with E-state index in [1.807, 2.05) is 60.7 Å². The molecule has 0 aliphatic heterocycles. The number of carbonyl (C=O) groups excluding carboxylic acids is 1. The number of hydrogen-bond acceptors (Lipinski definition) is 2. The molecule has 20 heavy (non-hydrogen) atoms. The van der Waals surface area contributed by atoms with E-state index >= 15 is 0 Å². The highest BCUT2D eigenvalue weighted by Crippen LogP contribution is 2.26. The van der Waals surface area contributed by atoms with Crippen molar-refractivity contribution < 1.29 is 9.53 Å². The molecule has 0 saturated carbocycles. The summed E-state index contributed by atoms with van der Waals surface area (Å²) in [6.07, 6.45) is 4.74. The van der Waals surface area contributed by atoms with Gasteiger partial charge in [0.1, 0.15) is 5.92 Å². The first-order chi connectivity index (χ1) is 9.72. The smallest absolute Gasteiger partial charge is 0.319 e. The fourth-order valence-corrected chi connectivity index (χ4v) is 2.03. The van der Waals surface area contributed by atoms with Crippen LogP contribution >= 0.6 is 0 Å². The summed E-state index contributed by atoms with van der Waals surface area (Å²) in [4.78, 5) is 12.4. The molecule has 0 spiro atoms. The van der Waals surface area contributed by atoms with E-state index in [0.29, 0.717) is 0 Å². The second-order valence-corrected chi connectivity index (χ2v) is 4.50.